The van der Waals surface area contributed by atoms with E-state index in [0.717, 1.165) is 16.5 Å². The van der Waals surface area contributed by atoms with E-state index in [0.29, 0.717) is 17.0 Å². The molecule has 1 aliphatic carbocycles. The van der Waals surface area contributed by atoms with E-state index in [1.807, 2.05) is 18.2 Å². The normalized spacial score (nSPS) is 18.2. The van der Waals surface area contributed by atoms with Crippen LogP contribution in [0.5, 0.6) is 0 Å². The number of benzene rings is 2. The highest BCUT2D eigenvalue weighted by Gasteiger charge is 2.44. The van der Waals surface area contributed by atoms with Gasteiger partial charge >= 0.3 is 0 Å². The van der Waals surface area contributed by atoms with Gasteiger partial charge in [-0.05, 0) is 34.9 Å². The van der Waals surface area contributed by atoms with Gasteiger partial charge in [0, 0.05) is 11.7 Å². The SMILES string of the molecule is CC(C)c1ccc(CSc2nnc(NC(=O)[C@@H]3C[C@H]3c3ccccc3)s2)cc1. The van der Waals surface area contributed by atoms with Crippen LogP contribution in [-0.2, 0) is 10.5 Å². The van der Waals surface area contributed by atoms with Gasteiger partial charge in [-0.2, -0.15) is 0 Å². The molecule has 0 saturated heterocycles. The predicted octanol–water partition coefficient (Wildman–Crippen LogP) is 5.70. The Balaban J connectivity index is 1.28. The number of hydrogen-bond donors (Lipinski definition) is 1. The minimum Gasteiger partial charge on any atom is -0.300 e. The van der Waals surface area contributed by atoms with E-state index in [4.69, 9.17) is 0 Å². The van der Waals surface area contributed by atoms with Gasteiger partial charge in [-0.3, -0.25) is 4.79 Å². The van der Waals surface area contributed by atoms with Crippen LogP contribution >= 0.6 is 23.1 Å². The molecule has 2 aromatic carbocycles. The Morgan fingerprint density at radius 1 is 1.14 bits per heavy atom. The van der Waals surface area contributed by atoms with Crippen LogP contribution in [0.3, 0.4) is 0 Å². The van der Waals surface area contributed by atoms with Gasteiger partial charge in [0.05, 0.1) is 0 Å². The number of nitrogens with one attached hydrogen (secondary N) is 1. The summed E-state index contributed by atoms with van der Waals surface area (Å²) in [6.45, 7) is 4.40. The van der Waals surface area contributed by atoms with Gasteiger partial charge in [-0.1, -0.05) is 91.5 Å². The van der Waals surface area contributed by atoms with Gasteiger partial charge in [0.2, 0.25) is 11.0 Å². The van der Waals surface area contributed by atoms with Gasteiger partial charge in [0.25, 0.3) is 0 Å². The molecule has 1 fully saturated rings. The molecule has 4 nitrogen and oxygen atoms in total. The molecule has 0 spiro atoms. The van der Waals surface area contributed by atoms with Crippen LogP contribution < -0.4 is 5.32 Å². The topological polar surface area (TPSA) is 54.9 Å². The number of thioether (sulfide) groups is 1. The number of carbonyl (C=O) groups excluding carboxylic acids is 1. The van der Waals surface area contributed by atoms with Crippen LogP contribution in [0.15, 0.2) is 58.9 Å². The molecule has 3 aromatic rings. The lowest BCUT2D eigenvalue weighted by molar-refractivity contribution is -0.117. The number of carbonyl (C=O) groups is 1. The number of rotatable bonds is 7. The number of nitrogens with zero attached hydrogens (tertiary/aromatic N) is 2. The quantitative estimate of drug-likeness (QED) is 0.402. The maximum Gasteiger partial charge on any atom is 0.229 e. The van der Waals surface area contributed by atoms with E-state index < -0.39 is 0 Å². The Labute approximate surface area is 173 Å². The fraction of sp³-hybridized carbons (Fsp3) is 0.318. The van der Waals surface area contributed by atoms with Crippen LogP contribution in [0, 0.1) is 5.92 Å². The second-order valence-electron chi connectivity index (χ2n) is 7.41. The summed E-state index contributed by atoms with van der Waals surface area (Å²) in [6.07, 6.45) is 0.905. The first kappa shape index (κ1) is 19.2. The highest BCUT2D eigenvalue weighted by atomic mass is 32.2. The van der Waals surface area contributed by atoms with Crippen LogP contribution in [-0.4, -0.2) is 16.1 Å². The Hall–Kier alpha value is -2.18. The van der Waals surface area contributed by atoms with Crippen molar-refractivity contribution in [1.29, 1.82) is 0 Å². The van der Waals surface area contributed by atoms with Crippen LogP contribution in [0.2, 0.25) is 0 Å². The zero-order valence-corrected chi connectivity index (χ0v) is 17.6. The van der Waals surface area contributed by atoms with Crippen LogP contribution in [0.4, 0.5) is 5.13 Å². The largest absolute Gasteiger partial charge is 0.300 e. The zero-order chi connectivity index (χ0) is 19.5. The molecule has 0 unspecified atom stereocenters. The van der Waals surface area contributed by atoms with E-state index in [2.05, 4.69) is 65.8 Å². The maximum atomic E-state index is 12.5. The van der Waals surface area contributed by atoms with E-state index in [1.54, 1.807) is 11.8 Å². The minimum absolute atomic E-state index is 0.0434. The molecule has 28 heavy (non-hydrogen) atoms. The lowest BCUT2D eigenvalue weighted by Gasteiger charge is -2.06. The smallest absolute Gasteiger partial charge is 0.229 e. The Morgan fingerprint density at radius 3 is 2.61 bits per heavy atom. The number of hydrogen-bond acceptors (Lipinski definition) is 5. The molecule has 0 bridgehead atoms. The summed E-state index contributed by atoms with van der Waals surface area (Å²) in [6, 6.07) is 18.9. The first-order valence-electron chi connectivity index (χ1n) is 9.51. The van der Waals surface area contributed by atoms with Crippen molar-refractivity contribution < 1.29 is 4.79 Å². The Bertz CT molecular complexity index is 938. The summed E-state index contributed by atoms with van der Waals surface area (Å²) in [5, 5.41) is 11.9. The van der Waals surface area contributed by atoms with E-state index in [1.165, 1.54) is 28.0 Å². The third-order valence-electron chi connectivity index (χ3n) is 5.00. The minimum atomic E-state index is 0.0434. The van der Waals surface area contributed by atoms with Gasteiger partial charge < -0.3 is 5.32 Å². The standard InChI is InChI=1S/C22H23N3OS2/c1-14(2)16-10-8-15(9-11-16)13-27-22-25-24-21(28-22)23-20(26)19-12-18(19)17-6-4-3-5-7-17/h3-11,14,18-19H,12-13H2,1-2H3,(H,23,24,26)/t18-,19+/m0/s1. The Morgan fingerprint density at radius 2 is 1.89 bits per heavy atom. The van der Waals surface area contributed by atoms with E-state index in [9.17, 15) is 4.79 Å². The second-order valence-corrected chi connectivity index (χ2v) is 9.61. The van der Waals surface area contributed by atoms with Gasteiger partial charge in [0.15, 0.2) is 4.34 Å². The number of anilines is 1. The van der Waals surface area contributed by atoms with Crippen molar-refractivity contribution in [2.24, 2.45) is 5.92 Å². The second kappa shape index (κ2) is 8.45. The maximum absolute atomic E-state index is 12.5. The molecular formula is C22H23N3OS2. The lowest BCUT2D eigenvalue weighted by Crippen LogP contribution is -2.14. The molecule has 6 heteroatoms. The van der Waals surface area contributed by atoms with Gasteiger partial charge in [-0.15, -0.1) is 10.2 Å². The summed E-state index contributed by atoms with van der Waals surface area (Å²) in [7, 11) is 0. The zero-order valence-electron chi connectivity index (χ0n) is 16.0. The summed E-state index contributed by atoms with van der Waals surface area (Å²) >= 11 is 3.09. The molecule has 4 rings (SSSR count). The first-order valence-corrected chi connectivity index (χ1v) is 11.3. The van der Waals surface area contributed by atoms with Crippen molar-refractivity contribution in [3.8, 4) is 0 Å². The molecule has 1 aliphatic rings. The van der Waals surface area contributed by atoms with E-state index >= 15 is 0 Å². The molecule has 0 radical (unpaired) electrons. The molecule has 2 atom stereocenters. The predicted molar refractivity (Wildman–Crippen MR) is 116 cm³/mol. The molecule has 1 aromatic heterocycles. The lowest BCUT2D eigenvalue weighted by atomic mass is 10.0. The molecular weight excluding hydrogens is 386 g/mol. The molecule has 1 saturated carbocycles. The summed E-state index contributed by atoms with van der Waals surface area (Å²) < 4.78 is 0.874. The number of amides is 1. The van der Waals surface area contributed by atoms with Crippen molar-refractivity contribution in [2.45, 2.75) is 42.2 Å². The van der Waals surface area contributed by atoms with Crippen molar-refractivity contribution in [2.75, 3.05) is 5.32 Å². The van der Waals surface area contributed by atoms with Gasteiger partial charge in [0.1, 0.15) is 0 Å². The summed E-state index contributed by atoms with van der Waals surface area (Å²) in [5.41, 5.74) is 3.85. The molecule has 144 valence electrons. The molecule has 1 N–H and O–H groups in total. The molecule has 0 aliphatic heterocycles. The van der Waals surface area contributed by atoms with Crippen molar-refractivity contribution in [3.63, 3.8) is 0 Å². The van der Waals surface area contributed by atoms with Crippen LogP contribution in [0.25, 0.3) is 0 Å². The highest BCUT2D eigenvalue weighted by Crippen LogP contribution is 2.48. The third-order valence-corrected chi connectivity index (χ3v) is 7.04. The monoisotopic (exact) mass is 409 g/mol. The third kappa shape index (κ3) is 4.62. The average Bonchev–Trinajstić information content (AvgIpc) is 3.41. The average molecular weight is 410 g/mol. The Kier molecular flexibility index (Phi) is 5.78. The van der Waals surface area contributed by atoms with Crippen molar-refractivity contribution in [1.82, 2.24) is 10.2 Å². The van der Waals surface area contributed by atoms with E-state index in [-0.39, 0.29) is 11.8 Å². The summed E-state index contributed by atoms with van der Waals surface area (Å²) in [4.78, 5) is 12.5. The summed E-state index contributed by atoms with van der Waals surface area (Å²) in [5.74, 6) is 1.81. The van der Waals surface area contributed by atoms with Crippen molar-refractivity contribution >= 4 is 34.1 Å². The molecule has 1 heterocycles. The fourth-order valence-electron chi connectivity index (χ4n) is 3.21. The van der Waals surface area contributed by atoms with Crippen LogP contribution in [0.1, 0.15) is 48.8 Å². The first-order chi connectivity index (χ1) is 13.6. The van der Waals surface area contributed by atoms with Gasteiger partial charge in [-0.25, -0.2) is 0 Å². The fourth-order valence-corrected chi connectivity index (χ4v) is 4.92. The van der Waals surface area contributed by atoms with Crippen molar-refractivity contribution in [3.05, 3.63) is 71.3 Å². The highest BCUT2D eigenvalue weighted by molar-refractivity contribution is 8.00. The number of aromatic nitrogens is 2. The molecule has 1 amide bonds.